The van der Waals surface area contributed by atoms with E-state index >= 15 is 0 Å². The van der Waals surface area contributed by atoms with Gasteiger partial charge in [0.1, 0.15) is 18.0 Å². The Morgan fingerprint density at radius 1 is 0.976 bits per heavy atom. The highest BCUT2D eigenvalue weighted by Crippen LogP contribution is 2.59. The number of hydrogen-bond acceptors (Lipinski definition) is 8. The molecule has 3 saturated carbocycles. The van der Waals surface area contributed by atoms with Crippen molar-refractivity contribution in [3.63, 3.8) is 0 Å². The Bertz CT molecular complexity index is 1530. The molecule has 4 fully saturated rings. The summed E-state index contributed by atoms with van der Waals surface area (Å²) in [6.45, 7) is 0. The Hall–Kier alpha value is -1.05. The van der Waals surface area contributed by atoms with Crippen molar-refractivity contribution in [2.24, 2.45) is 23.7 Å². The van der Waals surface area contributed by atoms with Crippen LogP contribution < -0.4 is 4.74 Å². The number of hydrogen-bond donors (Lipinski definition) is 1. The van der Waals surface area contributed by atoms with E-state index < -0.39 is 58.0 Å². The zero-order valence-electron chi connectivity index (χ0n) is 21.4. The molecule has 0 aromatic heterocycles. The smallest absolute Gasteiger partial charge is 0.340 e. The van der Waals surface area contributed by atoms with Crippen molar-refractivity contribution in [2.75, 3.05) is 0 Å². The topological polar surface area (TPSA) is 133 Å². The molecule has 2 aromatic rings. The number of carbonyl (C=O) groups excluding carboxylic acids is 3. The summed E-state index contributed by atoms with van der Waals surface area (Å²) in [6.07, 6.45) is 3.60. The second kappa shape index (κ2) is 11.5. The van der Waals surface area contributed by atoms with Crippen molar-refractivity contribution in [1.29, 1.82) is 0 Å². The average molecular weight is 918 g/mol. The van der Waals surface area contributed by atoms with E-state index in [1.54, 1.807) is 0 Å². The van der Waals surface area contributed by atoms with Crippen LogP contribution in [0.25, 0.3) is 0 Å². The Morgan fingerprint density at radius 2 is 1.66 bits per heavy atom. The standard InChI is InChI=1S/C28H25I3O9S/c29-13-8-18(30)23(19(31)9-13)28(34)40-25-16-11-17-22(27(33)39-24(17)25)21(16)26(32)38-14-6-7-20(41(35,36)37)15(10-14)12-4-2-1-3-5-12/h6-10,12,16-17,21-22,24-25H,1-5,11H2,(H,35,36,37). The lowest BCUT2D eigenvalue weighted by molar-refractivity contribution is -0.149. The highest BCUT2D eigenvalue weighted by Gasteiger charge is 2.70. The Morgan fingerprint density at radius 3 is 2.32 bits per heavy atom. The molecule has 0 spiro atoms. The predicted octanol–water partition coefficient (Wildman–Crippen LogP) is 5.73. The van der Waals surface area contributed by atoms with Crippen LogP contribution in [0.1, 0.15) is 60.4 Å². The van der Waals surface area contributed by atoms with Crippen LogP contribution in [0.15, 0.2) is 35.2 Å². The SMILES string of the molecule is O=C(OC1C2CC3C1OC(=O)C3C2C(=O)Oc1ccc(S(=O)(=O)O)c(C2CCCCC2)c1)c1c(I)cc(I)cc1I. The number of carbonyl (C=O) groups is 3. The third kappa shape index (κ3) is 5.54. The predicted molar refractivity (Wildman–Crippen MR) is 170 cm³/mol. The fourth-order valence-corrected chi connectivity index (χ4v) is 11.9. The summed E-state index contributed by atoms with van der Waals surface area (Å²) in [5.41, 5.74) is 0.864. The summed E-state index contributed by atoms with van der Waals surface area (Å²) < 4.78 is 53.8. The molecule has 0 amide bonds. The lowest BCUT2D eigenvalue weighted by Gasteiger charge is -2.30. The maximum Gasteiger partial charge on any atom is 0.340 e. The van der Waals surface area contributed by atoms with Gasteiger partial charge in [0.25, 0.3) is 10.1 Å². The summed E-state index contributed by atoms with van der Waals surface area (Å²) in [6, 6.07) is 7.87. The molecule has 2 bridgehead atoms. The van der Waals surface area contributed by atoms with Crippen LogP contribution in [0.3, 0.4) is 0 Å². The van der Waals surface area contributed by atoms with Crippen molar-refractivity contribution >= 4 is 95.8 Å². The molecule has 0 radical (unpaired) electrons. The lowest BCUT2D eigenvalue weighted by Crippen LogP contribution is -2.44. The van der Waals surface area contributed by atoms with Crippen molar-refractivity contribution in [2.45, 2.75) is 61.5 Å². The summed E-state index contributed by atoms with van der Waals surface area (Å²) in [5, 5.41) is 0. The highest BCUT2D eigenvalue weighted by molar-refractivity contribution is 14.1. The second-order valence-corrected chi connectivity index (χ2v) is 16.0. The molecule has 41 heavy (non-hydrogen) atoms. The minimum absolute atomic E-state index is 0.0805. The van der Waals surface area contributed by atoms with Gasteiger partial charge in [0.05, 0.1) is 22.3 Å². The molecule has 4 aliphatic rings. The fourth-order valence-electron chi connectivity index (χ4n) is 7.13. The van der Waals surface area contributed by atoms with Crippen molar-refractivity contribution in [3.05, 3.63) is 52.2 Å². The molecule has 1 saturated heterocycles. The quantitative estimate of drug-likeness (QED) is 0.167. The summed E-state index contributed by atoms with van der Waals surface area (Å²) in [4.78, 5) is 39.6. The average Bonchev–Trinajstić information content (AvgIpc) is 3.52. The first-order valence-corrected chi connectivity index (χ1v) is 18.0. The first kappa shape index (κ1) is 30.0. The number of rotatable bonds is 6. The molecule has 1 aliphatic heterocycles. The molecule has 1 heterocycles. The highest BCUT2D eigenvalue weighted by atomic mass is 127. The van der Waals surface area contributed by atoms with E-state index in [0.717, 1.165) is 42.8 Å². The van der Waals surface area contributed by atoms with Gasteiger partial charge in [0.15, 0.2) is 0 Å². The minimum Gasteiger partial charge on any atom is -0.458 e. The largest absolute Gasteiger partial charge is 0.458 e. The number of benzene rings is 2. The molecule has 6 unspecified atom stereocenters. The Labute approximate surface area is 278 Å². The molecular weight excluding hydrogens is 893 g/mol. The fraction of sp³-hybridized carbons (Fsp3) is 0.464. The molecule has 9 nitrogen and oxygen atoms in total. The van der Waals surface area contributed by atoms with Gasteiger partial charge < -0.3 is 14.2 Å². The van der Waals surface area contributed by atoms with Crippen LogP contribution in [0.5, 0.6) is 5.75 Å². The van der Waals surface area contributed by atoms with E-state index in [1.165, 1.54) is 18.2 Å². The Balaban J connectivity index is 1.26. The zero-order valence-corrected chi connectivity index (χ0v) is 28.7. The maximum atomic E-state index is 13.6. The molecule has 2 aromatic carbocycles. The van der Waals surface area contributed by atoms with Crippen LogP contribution in [0.4, 0.5) is 0 Å². The van der Waals surface area contributed by atoms with Crippen molar-refractivity contribution in [1.82, 2.24) is 0 Å². The van der Waals surface area contributed by atoms with Crippen LogP contribution in [-0.4, -0.2) is 43.1 Å². The van der Waals surface area contributed by atoms with E-state index in [0.29, 0.717) is 17.5 Å². The van der Waals surface area contributed by atoms with E-state index in [1.807, 2.05) is 12.1 Å². The third-order valence-electron chi connectivity index (χ3n) is 8.79. The molecule has 3 aliphatic carbocycles. The minimum atomic E-state index is -4.47. The summed E-state index contributed by atoms with van der Waals surface area (Å²) in [5.74, 6) is -3.85. The number of fused-ring (bicyclic) bond motifs is 1. The number of esters is 3. The van der Waals surface area contributed by atoms with Crippen molar-refractivity contribution < 1.29 is 41.6 Å². The van der Waals surface area contributed by atoms with Gasteiger partial charge in [0, 0.05) is 22.5 Å². The molecule has 218 valence electrons. The Kier molecular flexibility index (Phi) is 8.39. The van der Waals surface area contributed by atoms with E-state index in [2.05, 4.69) is 67.8 Å². The van der Waals surface area contributed by atoms with E-state index in [9.17, 15) is 27.4 Å². The van der Waals surface area contributed by atoms with Crippen LogP contribution in [-0.2, 0) is 29.2 Å². The van der Waals surface area contributed by atoms with Gasteiger partial charge in [-0.1, -0.05) is 19.3 Å². The summed E-state index contributed by atoms with van der Waals surface area (Å²) in [7, 11) is -4.47. The monoisotopic (exact) mass is 918 g/mol. The zero-order chi connectivity index (χ0) is 29.2. The number of ether oxygens (including phenoxy) is 3. The van der Waals surface area contributed by atoms with Gasteiger partial charge in [0.2, 0.25) is 0 Å². The molecular formula is C28H25I3O9S. The lowest BCUT2D eigenvalue weighted by atomic mass is 9.78. The molecule has 13 heteroatoms. The number of halogens is 3. The maximum absolute atomic E-state index is 13.6. The molecule has 1 N–H and O–H groups in total. The third-order valence-corrected chi connectivity index (χ3v) is 12.0. The first-order chi connectivity index (χ1) is 19.4. The van der Waals surface area contributed by atoms with Gasteiger partial charge in [-0.25, -0.2) is 4.79 Å². The first-order valence-electron chi connectivity index (χ1n) is 13.3. The second-order valence-electron chi connectivity index (χ2n) is 11.1. The van der Waals surface area contributed by atoms with Gasteiger partial charge in [-0.05, 0) is 129 Å². The van der Waals surface area contributed by atoms with Gasteiger partial charge in [-0.3, -0.25) is 14.1 Å². The van der Waals surface area contributed by atoms with E-state index in [4.69, 9.17) is 14.2 Å². The van der Waals surface area contributed by atoms with Gasteiger partial charge >= 0.3 is 17.9 Å². The normalized spacial score (nSPS) is 28.9. The molecule has 6 atom stereocenters. The van der Waals surface area contributed by atoms with Crippen LogP contribution >= 0.6 is 67.8 Å². The summed E-state index contributed by atoms with van der Waals surface area (Å²) >= 11 is 6.36. The van der Waals surface area contributed by atoms with Crippen LogP contribution in [0.2, 0.25) is 0 Å². The van der Waals surface area contributed by atoms with E-state index in [-0.39, 0.29) is 22.5 Å². The molecule has 6 rings (SSSR count). The van der Waals surface area contributed by atoms with Crippen molar-refractivity contribution in [3.8, 4) is 5.75 Å². The van der Waals surface area contributed by atoms with Gasteiger partial charge in [-0.2, -0.15) is 8.42 Å². The van der Waals surface area contributed by atoms with Crippen LogP contribution in [0, 0.1) is 34.4 Å². The van der Waals surface area contributed by atoms with Gasteiger partial charge in [-0.15, -0.1) is 0 Å².